The van der Waals surface area contributed by atoms with E-state index in [9.17, 15) is 9.59 Å². The van der Waals surface area contributed by atoms with Crippen LogP contribution in [0.25, 0.3) is 0 Å². The number of halogens is 1. The molecule has 0 radical (unpaired) electrons. The highest BCUT2D eigenvalue weighted by molar-refractivity contribution is 14.1. The van der Waals surface area contributed by atoms with Gasteiger partial charge in [0.1, 0.15) is 5.75 Å². The number of carbonyl (C=O) groups excluding carboxylic acids is 2. The Balaban J connectivity index is 1.58. The lowest BCUT2D eigenvalue weighted by Crippen LogP contribution is -2.25. The molecule has 142 valence electrons. The minimum Gasteiger partial charge on any atom is -0.483 e. The Morgan fingerprint density at radius 3 is 2.43 bits per heavy atom. The van der Waals surface area contributed by atoms with Crippen molar-refractivity contribution in [2.75, 3.05) is 11.9 Å². The van der Waals surface area contributed by atoms with Crippen LogP contribution in [0.2, 0.25) is 0 Å². The van der Waals surface area contributed by atoms with Gasteiger partial charge in [0.15, 0.2) is 6.61 Å². The molecule has 3 aromatic carbocycles. The average Bonchev–Trinajstić information content (AvgIpc) is 2.71. The number of rotatable bonds is 7. The number of ether oxygens (including phenoxy) is 1. The van der Waals surface area contributed by atoms with E-state index in [4.69, 9.17) is 4.74 Å². The third-order valence-electron chi connectivity index (χ3n) is 3.89. The third kappa shape index (κ3) is 5.82. The standard InChI is InChI=1S/C22H19IN2O3/c23-17-9-6-10-18(13-17)25-21(26)15-28-20-12-5-4-11-19(20)22(27)24-14-16-7-2-1-3-8-16/h1-13H,14-15H2,(H,24,27)(H,25,26). The van der Waals surface area contributed by atoms with E-state index in [1.807, 2.05) is 54.6 Å². The van der Waals surface area contributed by atoms with E-state index in [1.54, 1.807) is 24.3 Å². The van der Waals surface area contributed by atoms with E-state index >= 15 is 0 Å². The SMILES string of the molecule is O=C(COc1ccccc1C(=O)NCc1ccccc1)Nc1cccc(I)c1. The van der Waals surface area contributed by atoms with Gasteiger partial charge in [-0.05, 0) is 58.5 Å². The highest BCUT2D eigenvalue weighted by atomic mass is 127. The maximum atomic E-state index is 12.5. The van der Waals surface area contributed by atoms with Crippen molar-refractivity contribution in [3.63, 3.8) is 0 Å². The molecule has 0 aromatic heterocycles. The molecule has 28 heavy (non-hydrogen) atoms. The summed E-state index contributed by atoms with van der Waals surface area (Å²) >= 11 is 2.18. The highest BCUT2D eigenvalue weighted by Crippen LogP contribution is 2.18. The first kappa shape index (κ1) is 19.9. The molecule has 0 aliphatic heterocycles. The van der Waals surface area contributed by atoms with Crippen molar-refractivity contribution in [3.8, 4) is 5.75 Å². The number of nitrogens with one attached hydrogen (secondary N) is 2. The molecule has 0 heterocycles. The Labute approximate surface area is 177 Å². The lowest BCUT2D eigenvalue weighted by molar-refractivity contribution is -0.118. The van der Waals surface area contributed by atoms with Crippen molar-refractivity contribution in [1.29, 1.82) is 0 Å². The Kier molecular flexibility index (Phi) is 7.02. The highest BCUT2D eigenvalue weighted by Gasteiger charge is 2.13. The normalized spacial score (nSPS) is 10.2. The summed E-state index contributed by atoms with van der Waals surface area (Å²) in [5.74, 6) is -0.176. The van der Waals surface area contributed by atoms with Crippen LogP contribution in [0.15, 0.2) is 78.9 Å². The van der Waals surface area contributed by atoms with E-state index in [2.05, 4.69) is 33.2 Å². The van der Waals surface area contributed by atoms with Gasteiger partial charge in [0.2, 0.25) is 0 Å². The van der Waals surface area contributed by atoms with Crippen LogP contribution in [0, 0.1) is 3.57 Å². The summed E-state index contributed by atoms with van der Waals surface area (Å²) in [7, 11) is 0. The molecule has 5 nitrogen and oxygen atoms in total. The van der Waals surface area contributed by atoms with Crippen LogP contribution >= 0.6 is 22.6 Å². The van der Waals surface area contributed by atoms with Crippen molar-refractivity contribution in [2.45, 2.75) is 6.54 Å². The molecule has 0 aliphatic rings. The van der Waals surface area contributed by atoms with Gasteiger partial charge in [0.25, 0.3) is 11.8 Å². The molecule has 0 atom stereocenters. The number of benzene rings is 3. The largest absolute Gasteiger partial charge is 0.483 e. The van der Waals surface area contributed by atoms with Gasteiger partial charge in [0.05, 0.1) is 5.56 Å². The number of hydrogen-bond donors (Lipinski definition) is 2. The smallest absolute Gasteiger partial charge is 0.262 e. The van der Waals surface area contributed by atoms with Gasteiger partial charge in [-0.3, -0.25) is 9.59 Å². The Hall–Kier alpha value is -2.87. The maximum Gasteiger partial charge on any atom is 0.262 e. The number of hydrogen-bond acceptors (Lipinski definition) is 3. The summed E-state index contributed by atoms with van der Waals surface area (Å²) in [5, 5.41) is 5.65. The second-order valence-electron chi connectivity index (χ2n) is 6.01. The molecule has 0 fully saturated rings. The predicted octanol–water partition coefficient (Wildman–Crippen LogP) is 4.24. The lowest BCUT2D eigenvalue weighted by Gasteiger charge is -2.12. The summed E-state index contributed by atoms with van der Waals surface area (Å²) in [5.41, 5.74) is 2.10. The lowest BCUT2D eigenvalue weighted by atomic mass is 10.1. The second-order valence-corrected chi connectivity index (χ2v) is 7.26. The molecule has 0 unspecified atom stereocenters. The van der Waals surface area contributed by atoms with E-state index in [0.29, 0.717) is 23.5 Å². The maximum absolute atomic E-state index is 12.5. The minimum atomic E-state index is -0.290. The Bertz CT molecular complexity index is 961. The zero-order valence-electron chi connectivity index (χ0n) is 15.0. The van der Waals surface area contributed by atoms with Crippen LogP contribution in [0.1, 0.15) is 15.9 Å². The quantitative estimate of drug-likeness (QED) is 0.492. The fraction of sp³-hybridized carbons (Fsp3) is 0.0909. The molecule has 3 rings (SSSR count). The summed E-state index contributed by atoms with van der Waals surface area (Å²) in [6.07, 6.45) is 0. The fourth-order valence-corrected chi connectivity index (χ4v) is 3.10. The molecular formula is C22H19IN2O3. The first-order chi connectivity index (χ1) is 13.6. The van der Waals surface area contributed by atoms with E-state index < -0.39 is 0 Å². The van der Waals surface area contributed by atoms with Crippen LogP contribution in [-0.2, 0) is 11.3 Å². The number of anilines is 1. The van der Waals surface area contributed by atoms with Crippen molar-refractivity contribution in [2.24, 2.45) is 0 Å². The zero-order chi connectivity index (χ0) is 19.8. The van der Waals surface area contributed by atoms with Crippen LogP contribution in [0.4, 0.5) is 5.69 Å². The van der Waals surface area contributed by atoms with Gasteiger partial charge in [-0.15, -0.1) is 0 Å². The van der Waals surface area contributed by atoms with Gasteiger partial charge >= 0.3 is 0 Å². The van der Waals surface area contributed by atoms with Crippen molar-refractivity contribution in [1.82, 2.24) is 5.32 Å². The van der Waals surface area contributed by atoms with Gasteiger partial charge in [-0.2, -0.15) is 0 Å². The van der Waals surface area contributed by atoms with Gasteiger partial charge in [0, 0.05) is 15.8 Å². The van der Waals surface area contributed by atoms with E-state index in [0.717, 1.165) is 9.13 Å². The fourth-order valence-electron chi connectivity index (χ4n) is 2.56. The summed E-state index contributed by atoms with van der Waals surface area (Å²) < 4.78 is 6.62. The monoisotopic (exact) mass is 486 g/mol. The molecule has 6 heteroatoms. The molecule has 0 aliphatic carbocycles. The summed E-state index contributed by atoms with van der Waals surface area (Å²) in [6, 6.07) is 24.0. The first-order valence-corrected chi connectivity index (χ1v) is 9.79. The molecule has 0 bridgehead atoms. The van der Waals surface area contributed by atoms with Crippen LogP contribution in [0.5, 0.6) is 5.75 Å². The van der Waals surface area contributed by atoms with Crippen LogP contribution < -0.4 is 15.4 Å². The molecule has 0 saturated heterocycles. The van der Waals surface area contributed by atoms with Crippen molar-refractivity contribution >= 4 is 40.1 Å². The minimum absolute atomic E-state index is 0.186. The predicted molar refractivity (Wildman–Crippen MR) is 117 cm³/mol. The Morgan fingerprint density at radius 1 is 0.893 bits per heavy atom. The molecule has 0 saturated carbocycles. The van der Waals surface area contributed by atoms with Crippen molar-refractivity contribution < 1.29 is 14.3 Å². The first-order valence-electron chi connectivity index (χ1n) is 8.71. The van der Waals surface area contributed by atoms with Crippen LogP contribution in [-0.4, -0.2) is 18.4 Å². The van der Waals surface area contributed by atoms with Gasteiger partial charge in [-0.1, -0.05) is 48.5 Å². The van der Waals surface area contributed by atoms with Crippen molar-refractivity contribution in [3.05, 3.63) is 93.6 Å². The molecule has 2 N–H and O–H groups in total. The second kappa shape index (κ2) is 9.89. The molecule has 2 amide bonds. The Morgan fingerprint density at radius 2 is 1.64 bits per heavy atom. The van der Waals surface area contributed by atoms with Crippen LogP contribution in [0.3, 0.4) is 0 Å². The third-order valence-corrected chi connectivity index (χ3v) is 4.57. The zero-order valence-corrected chi connectivity index (χ0v) is 17.2. The topological polar surface area (TPSA) is 67.4 Å². The van der Waals surface area contributed by atoms with E-state index in [-0.39, 0.29) is 18.4 Å². The number of para-hydroxylation sites is 1. The van der Waals surface area contributed by atoms with Gasteiger partial charge in [-0.25, -0.2) is 0 Å². The number of carbonyl (C=O) groups is 2. The molecule has 0 spiro atoms. The van der Waals surface area contributed by atoms with Gasteiger partial charge < -0.3 is 15.4 Å². The average molecular weight is 486 g/mol. The number of amides is 2. The molecular weight excluding hydrogens is 467 g/mol. The molecule has 3 aromatic rings. The summed E-state index contributed by atoms with van der Waals surface area (Å²) in [6.45, 7) is 0.232. The summed E-state index contributed by atoms with van der Waals surface area (Å²) in [4.78, 5) is 24.7. The van der Waals surface area contributed by atoms with E-state index in [1.165, 1.54) is 0 Å².